The summed E-state index contributed by atoms with van der Waals surface area (Å²) in [6.07, 6.45) is 3.91. The molecule has 0 saturated carbocycles. The largest absolute Gasteiger partial charge is 0.548 e. The maximum absolute atomic E-state index is 12.6. The zero-order valence-corrected chi connectivity index (χ0v) is 23.7. The molecule has 0 aromatic heterocycles. The average molecular weight is 541 g/mol. The number of nitrogens with one attached hydrogen (secondary N) is 1. The van der Waals surface area contributed by atoms with E-state index in [2.05, 4.69) is 5.32 Å². The van der Waals surface area contributed by atoms with Crippen LogP contribution in [0.25, 0.3) is 0 Å². The quantitative estimate of drug-likeness (QED) is 0.161. The van der Waals surface area contributed by atoms with Gasteiger partial charge in [-0.1, -0.05) is 34.6 Å². The van der Waals surface area contributed by atoms with Gasteiger partial charge in [-0.05, 0) is 44.9 Å². The molecule has 0 aliphatic carbocycles. The first-order valence-electron chi connectivity index (χ1n) is 13.8. The molecule has 1 amide bonds. The fourth-order valence-electron chi connectivity index (χ4n) is 3.78. The minimum Gasteiger partial charge on any atom is -0.548 e. The molecule has 0 aliphatic rings. The topological polar surface area (TPSA) is 156 Å². The smallest absolute Gasteiger partial charge is 0.308 e. The molecule has 0 spiro atoms. The van der Waals surface area contributed by atoms with Crippen LogP contribution in [0.5, 0.6) is 0 Å². The Morgan fingerprint density at radius 3 is 1.89 bits per heavy atom. The van der Waals surface area contributed by atoms with E-state index < -0.39 is 42.1 Å². The number of amides is 1. The summed E-state index contributed by atoms with van der Waals surface area (Å²) in [4.78, 5) is 71.6. The first-order valence-corrected chi connectivity index (χ1v) is 13.8. The lowest BCUT2D eigenvalue weighted by atomic mass is 9.86. The minimum atomic E-state index is -1.43. The zero-order chi connectivity index (χ0) is 29.1. The van der Waals surface area contributed by atoms with Crippen molar-refractivity contribution in [3.05, 3.63) is 0 Å². The highest BCUT2D eigenvalue weighted by atomic mass is 16.5. The van der Waals surface area contributed by atoms with Gasteiger partial charge >= 0.3 is 11.9 Å². The number of ether oxygens (including phenoxy) is 2. The van der Waals surface area contributed by atoms with E-state index in [9.17, 15) is 33.9 Å². The third kappa shape index (κ3) is 16.1. The number of carbonyl (C=O) groups excluding carboxylic acids is 6. The number of ketones is 2. The Morgan fingerprint density at radius 2 is 1.34 bits per heavy atom. The molecule has 0 aromatic carbocycles. The summed E-state index contributed by atoms with van der Waals surface area (Å²) in [5, 5.41) is 13.1. The highest BCUT2D eigenvalue weighted by molar-refractivity contribution is 5.84. The van der Waals surface area contributed by atoms with Crippen molar-refractivity contribution in [2.45, 2.75) is 98.8 Å². The Bertz CT molecular complexity index is 780. The van der Waals surface area contributed by atoms with Gasteiger partial charge in [0, 0.05) is 37.0 Å². The van der Waals surface area contributed by atoms with E-state index in [1.807, 2.05) is 20.8 Å². The fourth-order valence-corrected chi connectivity index (χ4v) is 3.78. The normalized spacial score (nSPS) is 14.0. The Balaban J connectivity index is 4.77. The number of carboxylic acids is 1. The summed E-state index contributed by atoms with van der Waals surface area (Å²) in [6, 6.07) is 0. The lowest BCUT2D eigenvalue weighted by Gasteiger charge is -2.21. The molecule has 0 saturated heterocycles. The first kappa shape index (κ1) is 35.2. The summed E-state index contributed by atoms with van der Waals surface area (Å²) in [6.45, 7) is 8.71. The molecule has 4 unspecified atom stereocenters. The number of rotatable bonds is 22. The summed E-state index contributed by atoms with van der Waals surface area (Å²) in [5.41, 5.74) is 0. The highest BCUT2D eigenvalue weighted by Crippen LogP contribution is 2.23. The van der Waals surface area contributed by atoms with Crippen molar-refractivity contribution in [2.75, 3.05) is 19.8 Å². The molecule has 38 heavy (non-hydrogen) atoms. The van der Waals surface area contributed by atoms with Crippen molar-refractivity contribution in [2.24, 2.45) is 23.7 Å². The van der Waals surface area contributed by atoms with Crippen LogP contribution in [-0.4, -0.2) is 55.1 Å². The van der Waals surface area contributed by atoms with E-state index in [1.54, 1.807) is 13.8 Å². The fraction of sp³-hybridized carbons (Fsp3) is 0.786. The summed E-state index contributed by atoms with van der Waals surface area (Å²) >= 11 is 0. The van der Waals surface area contributed by atoms with Crippen molar-refractivity contribution < 1.29 is 43.3 Å². The lowest BCUT2D eigenvalue weighted by Crippen LogP contribution is -2.41. The van der Waals surface area contributed by atoms with Crippen LogP contribution >= 0.6 is 0 Å². The van der Waals surface area contributed by atoms with Gasteiger partial charge in [0.05, 0.1) is 31.6 Å². The van der Waals surface area contributed by atoms with Gasteiger partial charge in [-0.25, -0.2) is 0 Å². The van der Waals surface area contributed by atoms with E-state index in [0.717, 1.165) is 6.42 Å². The maximum Gasteiger partial charge on any atom is 0.308 e. The van der Waals surface area contributed by atoms with Crippen LogP contribution in [0.2, 0.25) is 0 Å². The van der Waals surface area contributed by atoms with Crippen LogP contribution in [0, 0.1) is 23.7 Å². The third-order valence-electron chi connectivity index (χ3n) is 6.57. The van der Waals surface area contributed by atoms with Crippen LogP contribution in [0.4, 0.5) is 0 Å². The second-order valence-electron chi connectivity index (χ2n) is 9.99. The molecule has 4 atom stereocenters. The van der Waals surface area contributed by atoms with Crippen molar-refractivity contribution in [1.82, 2.24) is 5.32 Å². The van der Waals surface area contributed by atoms with Gasteiger partial charge in [0.25, 0.3) is 0 Å². The molecule has 0 heterocycles. The number of Topliss-reactive ketones (excluding diaryl/α,β-unsaturated/α-hetero) is 2. The molecular weight excluding hydrogens is 494 g/mol. The third-order valence-corrected chi connectivity index (χ3v) is 6.57. The molecule has 10 nitrogen and oxygen atoms in total. The van der Waals surface area contributed by atoms with Crippen molar-refractivity contribution in [3.8, 4) is 0 Å². The summed E-state index contributed by atoms with van der Waals surface area (Å²) < 4.78 is 10.3. The number of carboxylic acid groups (broad SMARTS) is 1. The molecule has 218 valence electrons. The molecule has 0 radical (unpaired) electrons. The first-order chi connectivity index (χ1) is 17.9. The van der Waals surface area contributed by atoms with Gasteiger partial charge in [0.1, 0.15) is 11.6 Å². The predicted octanol–water partition coefficient (Wildman–Crippen LogP) is 2.54. The molecule has 0 aliphatic heterocycles. The molecule has 0 bridgehead atoms. The SMILES string of the molecule is CCCC(=O)OCCCC(=O)C(C)CC(CCC(C)C(=O)OCCCC(=O)C(C)CC)C(=O)NCC(=O)[O-]. The monoisotopic (exact) mass is 540 g/mol. The Morgan fingerprint density at radius 1 is 0.763 bits per heavy atom. The van der Waals surface area contributed by atoms with Gasteiger partial charge in [0.15, 0.2) is 0 Å². The molecule has 10 heteroatoms. The number of carbonyl (C=O) groups is 6. The lowest BCUT2D eigenvalue weighted by molar-refractivity contribution is -0.304. The van der Waals surface area contributed by atoms with E-state index in [0.29, 0.717) is 38.5 Å². The number of esters is 2. The van der Waals surface area contributed by atoms with Crippen LogP contribution in [0.3, 0.4) is 0 Å². The van der Waals surface area contributed by atoms with Gasteiger partial charge in [-0.3, -0.25) is 24.0 Å². The van der Waals surface area contributed by atoms with Crippen LogP contribution in [0.15, 0.2) is 0 Å². The van der Waals surface area contributed by atoms with E-state index in [1.165, 1.54) is 0 Å². The Labute approximate surface area is 226 Å². The van der Waals surface area contributed by atoms with E-state index >= 15 is 0 Å². The molecule has 0 aromatic rings. The molecule has 1 N–H and O–H groups in total. The Kier molecular flexibility index (Phi) is 18.7. The average Bonchev–Trinajstić information content (AvgIpc) is 2.88. The van der Waals surface area contributed by atoms with Crippen LogP contribution in [0.1, 0.15) is 98.8 Å². The maximum atomic E-state index is 12.6. The molecule has 0 rings (SSSR count). The minimum absolute atomic E-state index is 0.0118. The Hall–Kier alpha value is -2.78. The van der Waals surface area contributed by atoms with Crippen LogP contribution < -0.4 is 10.4 Å². The summed E-state index contributed by atoms with van der Waals surface area (Å²) in [5.74, 6) is -4.32. The second kappa shape index (κ2) is 20.2. The second-order valence-corrected chi connectivity index (χ2v) is 9.99. The summed E-state index contributed by atoms with van der Waals surface area (Å²) in [7, 11) is 0. The molecular formula is C28H46NO9-. The number of hydrogen-bond donors (Lipinski definition) is 1. The van der Waals surface area contributed by atoms with Gasteiger partial charge < -0.3 is 24.7 Å². The standard InChI is InChI=1S/C28H47NO9/c1-6-10-26(34)37-15-8-12-24(31)21(5)17-22(27(35)29-18-25(32)33)14-13-20(4)28(36)38-16-9-11-23(30)19(3)7-2/h19-22H,6-18H2,1-5H3,(H,29,35)(H,32,33)/p-1. The van der Waals surface area contributed by atoms with E-state index in [4.69, 9.17) is 9.47 Å². The molecule has 0 fully saturated rings. The highest BCUT2D eigenvalue weighted by Gasteiger charge is 2.26. The van der Waals surface area contributed by atoms with Crippen LogP contribution in [-0.2, 0) is 38.2 Å². The van der Waals surface area contributed by atoms with Gasteiger partial charge in [0.2, 0.25) is 5.91 Å². The van der Waals surface area contributed by atoms with Crippen molar-refractivity contribution in [1.29, 1.82) is 0 Å². The zero-order valence-electron chi connectivity index (χ0n) is 23.7. The van der Waals surface area contributed by atoms with E-state index in [-0.39, 0.29) is 55.9 Å². The van der Waals surface area contributed by atoms with Crippen molar-refractivity contribution in [3.63, 3.8) is 0 Å². The van der Waals surface area contributed by atoms with Crippen molar-refractivity contribution >= 4 is 35.4 Å². The van der Waals surface area contributed by atoms with Gasteiger partial charge in [-0.2, -0.15) is 0 Å². The predicted molar refractivity (Wildman–Crippen MR) is 138 cm³/mol. The van der Waals surface area contributed by atoms with Gasteiger partial charge in [-0.15, -0.1) is 0 Å². The number of hydrogen-bond acceptors (Lipinski definition) is 9. The number of aliphatic carboxylic acids is 1.